The lowest BCUT2D eigenvalue weighted by molar-refractivity contribution is -0.160. The molecule has 1 amide bonds. The molecule has 1 heterocycles. The van der Waals surface area contributed by atoms with E-state index in [-0.39, 0.29) is 24.5 Å². The predicted octanol–water partition coefficient (Wildman–Crippen LogP) is -0.184. The Morgan fingerprint density at radius 2 is 2.11 bits per heavy atom. The van der Waals surface area contributed by atoms with E-state index in [0.717, 1.165) is 19.3 Å². The van der Waals surface area contributed by atoms with Gasteiger partial charge in [-0.2, -0.15) is 0 Å². The number of nitrogens with zero attached hydrogens (tertiary/aromatic N) is 1. The Balaban J connectivity index is 2.03. The number of amides is 1. The zero-order valence-electron chi connectivity index (χ0n) is 10.4. The molecule has 18 heavy (non-hydrogen) atoms. The number of carboxylic acids is 1. The van der Waals surface area contributed by atoms with E-state index in [9.17, 15) is 9.59 Å². The van der Waals surface area contributed by atoms with Crippen LogP contribution in [0, 0.1) is 5.92 Å². The first-order valence-electron chi connectivity index (χ1n) is 6.46. The van der Waals surface area contributed by atoms with Gasteiger partial charge in [0.15, 0.2) is 6.04 Å². The molecule has 0 spiro atoms. The molecule has 102 valence electrons. The van der Waals surface area contributed by atoms with Crippen molar-refractivity contribution in [3.8, 4) is 0 Å². The van der Waals surface area contributed by atoms with Crippen molar-refractivity contribution >= 4 is 11.9 Å². The Hall–Kier alpha value is -1.14. The molecule has 1 aliphatic carbocycles. The second kappa shape index (κ2) is 5.67. The lowest BCUT2D eigenvalue weighted by Gasteiger charge is -2.37. The average Bonchev–Trinajstić information content (AvgIpc) is 2.38. The minimum atomic E-state index is -0.997. The number of hydrogen-bond donors (Lipinski definition) is 2. The molecule has 2 fully saturated rings. The smallest absolute Gasteiger partial charge is 0.328 e. The SMILES string of the molecule is NC1CCCC(C(=O)N2CCOCC2C(=O)O)C1. The third-order valence-corrected chi connectivity index (χ3v) is 3.76. The maximum absolute atomic E-state index is 12.4. The lowest BCUT2D eigenvalue weighted by Crippen LogP contribution is -2.55. The van der Waals surface area contributed by atoms with Crippen molar-refractivity contribution in [2.24, 2.45) is 11.7 Å². The molecule has 0 aromatic rings. The van der Waals surface area contributed by atoms with E-state index < -0.39 is 12.0 Å². The summed E-state index contributed by atoms with van der Waals surface area (Å²) in [6.07, 6.45) is 3.38. The van der Waals surface area contributed by atoms with Gasteiger partial charge in [-0.3, -0.25) is 4.79 Å². The van der Waals surface area contributed by atoms with E-state index in [2.05, 4.69) is 0 Å². The molecule has 6 nitrogen and oxygen atoms in total. The number of carbonyl (C=O) groups is 2. The van der Waals surface area contributed by atoms with Crippen molar-refractivity contribution in [2.75, 3.05) is 19.8 Å². The van der Waals surface area contributed by atoms with Crippen LogP contribution in [-0.4, -0.2) is 53.7 Å². The van der Waals surface area contributed by atoms with Crippen molar-refractivity contribution in [3.63, 3.8) is 0 Å². The van der Waals surface area contributed by atoms with Gasteiger partial charge in [0.2, 0.25) is 5.91 Å². The molecular formula is C12H20N2O4. The summed E-state index contributed by atoms with van der Waals surface area (Å²) in [5.74, 6) is -1.18. The van der Waals surface area contributed by atoms with Gasteiger partial charge in [0.1, 0.15) is 0 Å². The number of carbonyl (C=O) groups excluding carboxylic acids is 1. The van der Waals surface area contributed by atoms with E-state index in [1.807, 2.05) is 0 Å². The molecule has 0 aromatic carbocycles. The fourth-order valence-electron chi connectivity index (χ4n) is 2.76. The summed E-state index contributed by atoms with van der Waals surface area (Å²) < 4.78 is 5.13. The second-order valence-corrected chi connectivity index (χ2v) is 5.08. The molecule has 2 aliphatic rings. The maximum Gasteiger partial charge on any atom is 0.328 e. The highest BCUT2D eigenvalue weighted by atomic mass is 16.5. The zero-order valence-corrected chi connectivity index (χ0v) is 10.4. The summed E-state index contributed by atoms with van der Waals surface area (Å²) >= 11 is 0. The number of morpholine rings is 1. The molecule has 6 heteroatoms. The molecule has 3 N–H and O–H groups in total. The van der Waals surface area contributed by atoms with Crippen molar-refractivity contribution < 1.29 is 19.4 Å². The van der Waals surface area contributed by atoms with Crippen LogP contribution in [0.2, 0.25) is 0 Å². The minimum absolute atomic E-state index is 0.0667. The second-order valence-electron chi connectivity index (χ2n) is 5.08. The summed E-state index contributed by atoms with van der Waals surface area (Å²) in [5.41, 5.74) is 5.88. The highest BCUT2D eigenvalue weighted by Crippen LogP contribution is 2.26. The van der Waals surface area contributed by atoms with Crippen LogP contribution in [-0.2, 0) is 14.3 Å². The maximum atomic E-state index is 12.4. The van der Waals surface area contributed by atoms with Gasteiger partial charge in [-0.1, -0.05) is 6.42 Å². The molecule has 3 atom stereocenters. The lowest BCUT2D eigenvalue weighted by atomic mass is 9.85. The largest absolute Gasteiger partial charge is 0.480 e. The van der Waals surface area contributed by atoms with Gasteiger partial charge in [-0.05, 0) is 19.3 Å². The Kier molecular flexibility index (Phi) is 4.19. The van der Waals surface area contributed by atoms with Crippen LogP contribution in [0.15, 0.2) is 0 Å². The van der Waals surface area contributed by atoms with Gasteiger partial charge >= 0.3 is 5.97 Å². The molecule has 1 saturated carbocycles. The Morgan fingerprint density at radius 1 is 1.33 bits per heavy atom. The molecule has 0 bridgehead atoms. The van der Waals surface area contributed by atoms with Crippen LogP contribution in [0.5, 0.6) is 0 Å². The monoisotopic (exact) mass is 256 g/mol. The summed E-state index contributed by atoms with van der Waals surface area (Å²) in [4.78, 5) is 24.9. The van der Waals surface area contributed by atoms with E-state index >= 15 is 0 Å². The van der Waals surface area contributed by atoms with Gasteiger partial charge in [0.05, 0.1) is 13.2 Å². The quantitative estimate of drug-likeness (QED) is 0.714. The fraction of sp³-hybridized carbons (Fsp3) is 0.833. The Bertz CT molecular complexity index is 334. The number of aliphatic carboxylic acids is 1. The number of nitrogens with two attached hydrogens (primary N) is 1. The number of rotatable bonds is 2. The first kappa shape index (κ1) is 13.3. The van der Waals surface area contributed by atoms with Crippen LogP contribution >= 0.6 is 0 Å². The molecule has 0 aromatic heterocycles. The Morgan fingerprint density at radius 3 is 2.78 bits per heavy atom. The van der Waals surface area contributed by atoms with Gasteiger partial charge in [-0.15, -0.1) is 0 Å². The average molecular weight is 256 g/mol. The van der Waals surface area contributed by atoms with Crippen LogP contribution in [0.25, 0.3) is 0 Å². The van der Waals surface area contributed by atoms with E-state index in [1.165, 1.54) is 4.90 Å². The van der Waals surface area contributed by atoms with Gasteiger partial charge < -0.3 is 20.5 Å². The molecule has 2 rings (SSSR count). The minimum Gasteiger partial charge on any atom is -0.480 e. The van der Waals surface area contributed by atoms with E-state index in [4.69, 9.17) is 15.6 Å². The first-order valence-corrected chi connectivity index (χ1v) is 6.46. The molecule has 3 unspecified atom stereocenters. The molecule has 0 radical (unpaired) electrons. The summed E-state index contributed by atoms with van der Waals surface area (Å²) in [5, 5.41) is 9.11. The Labute approximate surface area is 106 Å². The first-order chi connectivity index (χ1) is 8.59. The number of carboxylic acid groups (broad SMARTS) is 1. The van der Waals surface area contributed by atoms with Gasteiger partial charge in [-0.25, -0.2) is 4.79 Å². The summed E-state index contributed by atoms with van der Waals surface area (Å²) in [6.45, 7) is 0.857. The van der Waals surface area contributed by atoms with Crippen molar-refractivity contribution in [1.82, 2.24) is 4.90 Å². The molecular weight excluding hydrogens is 236 g/mol. The van der Waals surface area contributed by atoms with Crippen molar-refractivity contribution in [2.45, 2.75) is 37.8 Å². The van der Waals surface area contributed by atoms with Gasteiger partial charge in [0.25, 0.3) is 0 Å². The highest BCUT2D eigenvalue weighted by molar-refractivity contribution is 5.85. The van der Waals surface area contributed by atoms with Crippen LogP contribution < -0.4 is 5.73 Å². The summed E-state index contributed by atoms with van der Waals surface area (Å²) in [6, 6.07) is -0.776. The third kappa shape index (κ3) is 2.81. The third-order valence-electron chi connectivity index (χ3n) is 3.76. The van der Waals surface area contributed by atoms with E-state index in [1.54, 1.807) is 0 Å². The number of ether oxygens (including phenoxy) is 1. The van der Waals surface area contributed by atoms with Crippen molar-refractivity contribution in [1.29, 1.82) is 0 Å². The summed E-state index contributed by atoms with van der Waals surface area (Å²) in [7, 11) is 0. The predicted molar refractivity (Wildman–Crippen MR) is 63.9 cm³/mol. The molecule has 1 saturated heterocycles. The number of hydrogen-bond acceptors (Lipinski definition) is 4. The molecule has 1 aliphatic heterocycles. The van der Waals surface area contributed by atoms with Crippen molar-refractivity contribution in [3.05, 3.63) is 0 Å². The standard InChI is InChI=1S/C12H20N2O4/c13-9-3-1-2-8(6-9)11(15)14-4-5-18-7-10(14)12(16)17/h8-10H,1-7,13H2,(H,16,17). The van der Waals surface area contributed by atoms with Crippen LogP contribution in [0.1, 0.15) is 25.7 Å². The van der Waals surface area contributed by atoms with Gasteiger partial charge in [0, 0.05) is 18.5 Å². The fourth-order valence-corrected chi connectivity index (χ4v) is 2.76. The van der Waals surface area contributed by atoms with Crippen LogP contribution in [0.3, 0.4) is 0 Å². The van der Waals surface area contributed by atoms with Crippen LogP contribution in [0.4, 0.5) is 0 Å². The topological polar surface area (TPSA) is 92.9 Å². The van der Waals surface area contributed by atoms with E-state index in [0.29, 0.717) is 19.6 Å². The highest BCUT2D eigenvalue weighted by Gasteiger charge is 2.37. The normalized spacial score (nSPS) is 33.2. The zero-order chi connectivity index (χ0) is 13.1.